The van der Waals surface area contributed by atoms with Gasteiger partial charge in [-0.15, -0.1) is 24.6 Å². The minimum absolute atomic E-state index is 0.0472. The van der Waals surface area contributed by atoms with Gasteiger partial charge in [0.2, 0.25) is 0 Å². The molecule has 7 nitrogen and oxygen atoms in total. The van der Waals surface area contributed by atoms with Crippen molar-refractivity contribution in [1.82, 2.24) is 0 Å². The van der Waals surface area contributed by atoms with Crippen LogP contribution in [0.2, 0.25) is 0 Å². The van der Waals surface area contributed by atoms with Gasteiger partial charge in [-0.05, 0) is 11.8 Å². The molecule has 0 radical (unpaired) electrons. The summed E-state index contributed by atoms with van der Waals surface area (Å²) in [7, 11) is 0. The summed E-state index contributed by atoms with van der Waals surface area (Å²) in [6.07, 6.45) is 13.9. The highest BCUT2D eigenvalue weighted by atomic mass is 32.2. The molecule has 6 aliphatic heterocycles. The molecule has 0 N–H and O–H groups in total. The van der Waals surface area contributed by atoms with E-state index in [0.717, 1.165) is 50.6 Å². The lowest BCUT2D eigenvalue weighted by molar-refractivity contribution is -0.480. The maximum Gasteiger partial charge on any atom is 0.285 e. The van der Waals surface area contributed by atoms with Crippen LogP contribution in [0.15, 0.2) is 0 Å². The molecule has 6 saturated heterocycles. The molecule has 0 saturated carbocycles. The fraction of sp³-hybridized carbons (Fsp3) is 0.852. The normalized spacial score (nSPS) is 35.6. The predicted octanol–water partition coefficient (Wildman–Crippen LogP) is 4.05. The number of hydrogen-bond donors (Lipinski definition) is 0. The van der Waals surface area contributed by atoms with Crippen LogP contribution in [0.5, 0.6) is 0 Å². The van der Waals surface area contributed by atoms with Gasteiger partial charge in [0.15, 0.2) is 0 Å². The molecular weight excluding hydrogens is 468 g/mol. The molecule has 198 valence electrons. The van der Waals surface area contributed by atoms with Gasteiger partial charge in [0.1, 0.15) is 6.61 Å². The fourth-order valence-electron chi connectivity index (χ4n) is 4.52. The second-order valence-corrected chi connectivity index (χ2v) is 12.0. The van der Waals surface area contributed by atoms with Crippen molar-refractivity contribution >= 4 is 11.8 Å². The molecule has 0 aliphatic carbocycles. The number of hydrogen-bond acceptors (Lipinski definition) is 8. The molecule has 0 atom stereocenters. The summed E-state index contributed by atoms with van der Waals surface area (Å²) in [5.41, 5.74) is 0.149. The second-order valence-electron chi connectivity index (χ2n) is 10.9. The molecule has 6 heterocycles. The van der Waals surface area contributed by atoms with Crippen LogP contribution >= 0.6 is 11.8 Å². The zero-order valence-electron chi connectivity index (χ0n) is 21.8. The summed E-state index contributed by atoms with van der Waals surface area (Å²) in [6.45, 7) is 13.9. The molecule has 35 heavy (non-hydrogen) atoms. The Balaban J connectivity index is 0.000000196. The first-order chi connectivity index (χ1) is 16.7. The van der Waals surface area contributed by atoms with E-state index in [0.29, 0.717) is 39.5 Å². The zero-order valence-corrected chi connectivity index (χ0v) is 22.6. The minimum Gasteiger partial charge on any atom is -0.368 e. The van der Waals surface area contributed by atoms with E-state index in [1.807, 2.05) is 0 Å². The zero-order chi connectivity index (χ0) is 25.5. The van der Waals surface area contributed by atoms with Crippen molar-refractivity contribution in [2.75, 3.05) is 64.4 Å². The van der Waals surface area contributed by atoms with E-state index in [4.69, 9.17) is 46.0 Å². The Bertz CT molecular complexity index is 714. The van der Waals surface area contributed by atoms with E-state index >= 15 is 0 Å². The van der Waals surface area contributed by atoms with Gasteiger partial charge in [-0.3, -0.25) is 0 Å². The molecule has 8 heteroatoms. The van der Waals surface area contributed by atoms with Crippen molar-refractivity contribution in [3.8, 4) is 24.7 Å². The van der Waals surface area contributed by atoms with Crippen LogP contribution in [-0.4, -0.2) is 76.3 Å². The lowest BCUT2D eigenvalue weighted by Crippen LogP contribution is -2.64. The van der Waals surface area contributed by atoms with E-state index in [1.165, 1.54) is 0 Å². The van der Waals surface area contributed by atoms with Crippen molar-refractivity contribution < 1.29 is 33.2 Å². The summed E-state index contributed by atoms with van der Waals surface area (Å²) in [4.78, 5) is 0. The fourth-order valence-corrected chi connectivity index (χ4v) is 5.18. The SMILES string of the molecule is C#CCOCCC12OCC(C(C)(C)C)(CO1)CO2.C#CCSCCC12OCC(CCC)(CO1)CO2. The molecule has 0 amide bonds. The van der Waals surface area contributed by atoms with Gasteiger partial charge in [0, 0.05) is 23.0 Å². The molecule has 0 spiro atoms. The molecule has 6 aliphatic rings. The molecule has 0 aromatic rings. The Kier molecular flexibility index (Phi) is 9.99. The number of terminal acetylenes is 2. The first kappa shape index (κ1) is 28.8. The molecule has 4 bridgehead atoms. The monoisotopic (exact) mass is 510 g/mol. The van der Waals surface area contributed by atoms with Crippen LogP contribution in [0.4, 0.5) is 0 Å². The Labute approximate surface area is 215 Å². The summed E-state index contributed by atoms with van der Waals surface area (Å²) in [5.74, 6) is 4.98. The van der Waals surface area contributed by atoms with Gasteiger partial charge < -0.3 is 33.2 Å². The van der Waals surface area contributed by atoms with Gasteiger partial charge in [0.25, 0.3) is 11.9 Å². The molecule has 0 aromatic carbocycles. The van der Waals surface area contributed by atoms with Crippen LogP contribution in [-0.2, 0) is 33.2 Å². The van der Waals surface area contributed by atoms with Crippen molar-refractivity contribution in [1.29, 1.82) is 0 Å². The molecule has 0 aromatic heterocycles. The average molecular weight is 511 g/mol. The Hall–Kier alpha value is -0.810. The third-order valence-electron chi connectivity index (χ3n) is 7.35. The summed E-state index contributed by atoms with van der Waals surface area (Å²) >= 11 is 1.71. The second kappa shape index (κ2) is 12.2. The van der Waals surface area contributed by atoms with Crippen molar-refractivity contribution in [3.05, 3.63) is 0 Å². The first-order valence-corrected chi connectivity index (χ1v) is 13.7. The van der Waals surface area contributed by atoms with E-state index in [9.17, 15) is 0 Å². The highest BCUT2D eigenvalue weighted by Gasteiger charge is 2.57. The standard InChI is InChI=1S/C14H22O4.C13H20O3S/c1-5-7-15-8-6-14-16-9-13(10-17-14,11-18-14)12(2,3)4;1-3-5-12-9-14-13(15-10-12,16-11-12)6-8-17-7-4-2/h1H,6-11H2,2-4H3;2H,3,5-11H2,1H3. The number of fused-ring (bicyclic) bond motifs is 6. The minimum atomic E-state index is -0.915. The van der Waals surface area contributed by atoms with E-state index in [1.54, 1.807) is 11.8 Å². The van der Waals surface area contributed by atoms with Crippen LogP contribution in [0.1, 0.15) is 53.4 Å². The van der Waals surface area contributed by atoms with Gasteiger partial charge in [-0.1, -0.05) is 46.0 Å². The lowest BCUT2D eigenvalue weighted by atomic mass is 9.67. The average Bonchev–Trinajstić information content (AvgIpc) is 2.87. The predicted molar refractivity (Wildman–Crippen MR) is 135 cm³/mol. The summed E-state index contributed by atoms with van der Waals surface area (Å²) < 4.78 is 40.0. The largest absolute Gasteiger partial charge is 0.368 e. The maximum absolute atomic E-state index is 5.80. The van der Waals surface area contributed by atoms with Crippen LogP contribution in [0.25, 0.3) is 0 Å². The Morgan fingerprint density at radius 1 is 0.800 bits per heavy atom. The summed E-state index contributed by atoms with van der Waals surface area (Å²) in [5, 5.41) is 0. The highest BCUT2D eigenvalue weighted by Crippen LogP contribution is 2.49. The van der Waals surface area contributed by atoms with Gasteiger partial charge >= 0.3 is 0 Å². The Morgan fingerprint density at radius 3 is 1.83 bits per heavy atom. The smallest absolute Gasteiger partial charge is 0.285 e. The number of rotatable bonds is 10. The van der Waals surface area contributed by atoms with Gasteiger partial charge in [-0.25, -0.2) is 0 Å². The topological polar surface area (TPSA) is 64.6 Å². The number of thioether (sulfide) groups is 1. The van der Waals surface area contributed by atoms with Crippen molar-refractivity contribution in [3.63, 3.8) is 0 Å². The van der Waals surface area contributed by atoms with E-state index in [2.05, 4.69) is 39.5 Å². The first-order valence-electron chi connectivity index (χ1n) is 12.5. The molecular formula is C27H42O7S. The highest BCUT2D eigenvalue weighted by molar-refractivity contribution is 7.99. The quantitative estimate of drug-likeness (QED) is 0.322. The molecule has 6 fully saturated rings. The molecule has 0 unspecified atom stereocenters. The third kappa shape index (κ3) is 6.94. The summed E-state index contributed by atoms with van der Waals surface area (Å²) in [6, 6.07) is 0. The number of ether oxygens (including phenoxy) is 7. The van der Waals surface area contributed by atoms with E-state index in [-0.39, 0.29) is 16.2 Å². The van der Waals surface area contributed by atoms with Crippen molar-refractivity contribution in [2.45, 2.75) is 65.3 Å². The maximum atomic E-state index is 5.80. The molecule has 6 rings (SSSR count). The lowest BCUT2D eigenvalue weighted by Gasteiger charge is -2.56. The van der Waals surface area contributed by atoms with Crippen molar-refractivity contribution in [2.24, 2.45) is 16.2 Å². The van der Waals surface area contributed by atoms with Gasteiger partial charge in [0.05, 0.1) is 58.4 Å². The Morgan fingerprint density at radius 2 is 1.34 bits per heavy atom. The van der Waals surface area contributed by atoms with E-state index < -0.39 is 11.9 Å². The van der Waals surface area contributed by atoms with Gasteiger partial charge in [-0.2, -0.15) is 0 Å². The third-order valence-corrected chi connectivity index (χ3v) is 8.21. The van der Waals surface area contributed by atoms with Crippen LogP contribution in [0.3, 0.4) is 0 Å². The van der Waals surface area contributed by atoms with Crippen LogP contribution in [0, 0.1) is 40.9 Å². The van der Waals surface area contributed by atoms with Crippen LogP contribution < -0.4 is 0 Å².